The maximum Gasteiger partial charge on any atom is 0.397 e. The molecule has 26 heavy (non-hydrogen) atoms. The molecule has 0 radical (unpaired) electrons. The van der Waals surface area contributed by atoms with Crippen molar-refractivity contribution in [3.63, 3.8) is 0 Å². The van der Waals surface area contributed by atoms with Crippen molar-refractivity contribution in [1.29, 1.82) is 0 Å². The molecule has 1 unspecified atom stereocenters. The summed E-state index contributed by atoms with van der Waals surface area (Å²) >= 11 is 0. The highest BCUT2D eigenvalue weighted by molar-refractivity contribution is 7.97. The summed E-state index contributed by atoms with van der Waals surface area (Å²) in [6.45, 7) is -1.51. The lowest BCUT2D eigenvalue weighted by Gasteiger charge is -2.30. The average Bonchev–Trinajstić information content (AvgIpc) is 2.82. The van der Waals surface area contributed by atoms with Crippen molar-refractivity contribution >= 4 is 21.3 Å². The van der Waals surface area contributed by atoms with Crippen LogP contribution in [0.2, 0.25) is 0 Å². The first-order chi connectivity index (χ1) is 11.9. The number of rotatable bonds is 10. The van der Waals surface area contributed by atoms with Crippen molar-refractivity contribution in [2.75, 3.05) is 24.7 Å². The largest absolute Gasteiger partial charge is 0.397 e. The van der Waals surface area contributed by atoms with Crippen LogP contribution >= 0.6 is 0 Å². The van der Waals surface area contributed by atoms with Crippen LogP contribution in [-0.2, 0) is 25.5 Å². The first kappa shape index (κ1) is 23.9. The summed E-state index contributed by atoms with van der Waals surface area (Å²) in [5.41, 5.74) is 0. The molecule has 0 aromatic rings. The Morgan fingerprint density at radius 3 is 2.08 bits per heavy atom. The Kier molecular flexibility index (Phi) is 9.12. The zero-order chi connectivity index (χ0) is 20.2. The molecule has 0 amide bonds. The van der Waals surface area contributed by atoms with Gasteiger partial charge in [0.1, 0.15) is 54.2 Å². The Bertz CT molecular complexity index is 530. The van der Waals surface area contributed by atoms with Crippen LogP contribution in [0.3, 0.4) is 0 Å². The van der Waals surface area contributed by atoms with Gasteiger partial charge in [-0.25, -0.2) is 4.18 Å². The number of aliphatic hydroxyl groups is 8. The molecule has 0 spiro atoms. The number of hydrogen-bond donors (Lipinski definition) is 9. The van der Waals surface area contributed by atoms with Crippen molar-refractivity contribution < 1.29 is 58.0 Å². The van der Waals surface area contributed by atoms with Crippen molar-refractivity contribution in [3.8, 4) is 0 Å². The quantitative estimate of drug-likeness (QED) is 0.118. The molecular weight excluding hydrogens is 400 g/mol. The lowest BCUT2D eigenvalue weighted by atomic mass is 10.0. The van der Waals surface area contributed by atoms with Gasteiger partial charge in [0.05, 0.1) is 13.2 Å². The molecule has 0 aromatic heterocycles. The lowest BCUT2D eigenvalue weighted by Crippen LogP contribution is -2.53. The maximum atomic E-state index is 11.0. The average molecular weight is 425 g/mol. The van der Waals surface area contributed by atoms with Crippen LogP contribution in [0.25, 0.3) is 0 Å². The molecular formula is C12H25O12S2+. The van der Waals surface area contributed by atoms with Crippen LogP contribution in [0.1, 0.15) is 0 Å². The first-order valence-corrected chi connectivity index (χ1v) is 10.5. The van der Waals surface area contributed by atoms with Gasteiger partial charge in [0.15, 0.2) is 5.25 Å². The summed E-state index contributed by atoms with van der Waals surface area (Å²) in [5, 5.41) is 76.0. The fraction of sp³-hybridized carbons (Fsp3) is 1.00. The second-order valence-corrected chi connectivity index (χ2v) is 9.33. The normalized spacial score (nSPS) is 32.8. The molecule has 0 aliphatic carbocycles. The summed E-state index contributed by atoms with van der Waals surface area (Å²) < 4.78 is 35.0. The molecule has 0 bridgehead atoms. The Hall–Kier alpha value is -0.100. The van der Waals surface area contributed by atoms with Gasteiger partial charge in [0.25, 0.3) is 0 Å². The SMILES string of the molecule is O=S(=O)(O)O[C@@H]([C@@H](O)[C@H](O)[C@H](O)CO)[C@H](O)C[S+]1C[C@@H](O)[C@H](O)[C@H]1CO. The molecule has 9 N–H and O–H groups in total. The van der Waals surface area contributed by atoms with Crippen LogP contribution < -0.4 is 0 Å². The molecule has 1 saturated heterocycles. The fourth-order valence-corrected chi connectivity index (χ4v) is 5.83. The molecule has 1 aliphatic heterocycles. The highest BCUT2D eigenvalue weighted by atomic mass is 32.3. The van der Waals surface area contributed by atoms with E-state index in [1.165, 1.54) is 0 Å². The van der Waals surface area contributed by atoms with E-state index >= 15 is 0 Å². The minimum Gasteiger partial charge on any atom is -0.394 e. The molecule has 1 heterocycles. The van der Waals surface area contributed by atoms with E-state index in [4.69, 9.17) is 9.66 Å². The highest BCUT2D eigenvalue weighted by Crippen LogP contribution is 2.26. The molecule has 9 atom stereocenters. The molecule has 0 aromatic carbocycles. The third-order valence-electron chi connectivity index (χ3n) is 4.03. The van der Waals surface area contributed by atoms with E-state index in [9.17, 15) is 44.2 Å². The first-order valence-electron chi connectivity index (χ1n) is 7.55. The summed E-state index contributed by atoms with van der Waals surface area (Å²) in [5.74, 6) is -0.363. The van der Waals surface area contributed by atoms with Gasteiger partial charge in [-0.3, -0.25) is 4.55 Å². The van der Waals surface area contributed by atoms with Gasteiger partial charge in [-0.2, -0.15) is 8.42 Å². The summed E-state index contributed by atoms with van der Waals surface area (Å²) in [4.78, 5) is 0. The van der Waals surface area contributed by atoms with E-state index in [0.717, 1.165) is 0 Å². The molecule has 156 valence electrons. The van der Waals surface area contributed by atoms with E-state index in [1.54, 1.807) is 0 Å². The van der Waals surface area contributed by atoms with Crippen LogP contribution in [0, 0.1) is 0 Å². The summed E-state index contributed by atoms with van der Waals surface area (Å²) in [6.07, 6.45) is -12.6. The molecule has 0 saturated carbocycles. The monoisotopic (exact) mass is 425 g/mol. The zero-order valence-electron chi connectivity index (χ0n) is 13.5. The molecule has 12 nitrogen and oxygen atoms in total. The van der Waals surface area contributed by atoms with E-state index in [2.05, 4.69) is 4.18 Å². The predicted molar refractivity (Wildman–Crippen MR) is 87.5 cm³/mol. The van der Waals surface area contributed by atoms with Crippen LogP contribution in [0.4, 0.5) is 0 Å². The maximum absolute atomic E-state index is 11.0. The number of hydrogen-bond acceptors (Lipinski definition) is 11. The molecule has 1 rings (SSSR count). The fourth-order valence-electron chi connectivity index (χ4n) is 2.62. The lowest BCUT2D eigenvalue weighted by molar-refractivity contribution is -0.129. The standard InChI is InChI=1S/C12H24O12S2/c13-1-5(15)10(19)11(20)12(24-26(21,22)23)7(17)4-25-3-6(16)9(18)8(25)2-14/h5-20H,1-4H2/p+1/t5-,6-,7-,8-,9+,10-,11+,12-,25?/m1/s1. The Morgan fingerprint density at radius 1 is 1.04 bits per heavy atom. The molecule has 1 fully saturated rings. The highest BCUT2D eigenvalue weighted by Gasteiger charge is 2.52. The van der Waals surface area contributed by atoms with Gasteiger partial charge in [0, 0.05) is 10.9 Å². The van der Waals surface area contributed by atoms with Gasteiger partial charge in [0.2, 0.25) is 0 Å². The van der Waals surface area contributed by atoms with Crippen molar-refractivity contribution in [2.45, 2.75) is 48.0 Å². The Labute approximate surface area is 152 Å². The van der Waals surface area contributed by atoms with Gasteiger partial charge in [-0.05, 0) is 0 Å². The van der Waals surface area contributed by atoms with Gasteiger partial charge in [-0.15, -0.1) is 0 Å². The summed E-state index contributed by atoms with van der Waals surface area (Å²) in [6, 6.07) is 0. The Morgan fingerprint density at radius 2 is 1.62 bits per heavy atom. The van der Waals surface area contributed by atoms with Gasteiger partial charge in [-0.1, -0.05) is 0 Å². The topological polar surface area (TPSA) is 225 Å². The van der Waals surface area contributed by atoms with Crippen LogP contribution in [0.5, 0.6) is 0 Å². The summed E-state index contributed by atoms with van der Waals surface area (Å²) in [7, 11) is -6.18. The van der Waals surface area contributed by atoms with Crippen LogP contribution in [-0.4, -0.2) is 127 Å². The van der Waals surface area contributed by atoms with Crippen molar-refractivity contribution in [1.82, 2.24) is 0 Å². The second kappa shape index (κ2) is 9.90. The second-order valence-electron chi connectivity index (χ2n) is 5.94. The van der Waals surface area contributed by atoms with Gasteiger partial charge >= 0.3 is 10.4 Å². The van der Waals surface area contributed by atoms with Crippen molar-refractivity contribution in [2.24, 2.45) is 0 Å². The van der Waals surface area contributed by atoms with E-state index in [-0.39, 0.29) is 11.5 Å². The van der Waals surface area contributed by atoms with Crippen LogP contribution in [0.15, 0.2) is 0 Å². The van der Waals surface area contributed by atoms with E-state index < -0.39 is 82.5 Å². The van der Waals surface area contributed by atoms with E-state index in [1.807, 2.05) is 0 Å². The minimum atomic E-state index is -5.17. The zero-order valence-corrected chi connectivity index (χ0v) is 15.1. The third-order valence-corrected chi connectivity index (χ3v) is 7.32. The van der Waals surface area contributed by atoms with E-state index in [0.29, 0.717) is 0 Å². The van der Waals surface area contributed by atoms with Gasteiger partial charge < -0.3 is 40.9 Å². The third kappa shape index (κ3) is 6.22. The van der Waals surface area contributed by atoms with Crippen molar-refractivity contribution in [3.05, 3.63) is 0 Å². The number of aliphatic hydroxyl groups excluding tert-OH is 8. The predicted octanol–water partition coefficient (Wildman–Crippen LogP) is -5.68. The smallest absolute Gasteiger partial charge is 0.394 e. The molecule has 1 aliphatic rings. The Balaban J connectivity index is 2.95. The molecule has 14 heteroatoms. The minimum absolute atomic E-state index is 0.0139.